The van der Waals surface area contributed by atoms with E-state index in [1.54, 1.807) is 18.7 Å². The molecule has 0 saturated carbocycles. The van der Waals surface area contributed by atoms with Gasteiger partial charge in [0.1, 0.15) is 0 Å². The number of nitrogens with one attached hydrogen (secondary N) is 2. The molecule has 0 bridgehead atoms. The fourth-order valence-electron chi connectivity index (χ4n) is 3.24. The summed E-state index contributed by atoms with van der Waals surface area (Å²) in [5, 5.41) is 0. The molecular weight excluding hydrogens is 350 g/mol. The Kier molecular flexibility index (Phi) is 4.54. The highest BCUT2D eigenvalue weighted by Crippen LogP contribution is 2.34. The van der Waals surface area contributed by atoms with E-state index in [2.05, 4.69) is 19.7 Å². The van der Waals surface area contributed by atoms with E-state index in [1.807, 2.05) is 42.5 Å². The van der Waals surface area contributed by atoms with Crippen molar-refractivity contribution >= 4 is 10.2 Å². The molecule has 2 N–H and O–H groups in total. The van der Waals surface area contributed by atoms with Gasteiger partial charge in [-0.25, -0.2) is 4.98 Å². The zero-order chi connectivity index (χ0) is 18.0. The third kappa shape index (κ3) is 3.26. The molecule has 3 aromatic rings. The number of hydrogen-bond donors (Lipinski definition) is 2. The van der Waals surface area contributed by atoms with E-state index in [9.17, 15) is 8.42 Å². The Balaban J connectivity index is 1.65. The summed E-state index contributed by atoms with van der Waals surface area (Å²) in [6.45, 7) is 0.627. The van der Waals surface area contributed by atoms with Gasteiger partial charge >= 0.3 is 0 Å². The molecule has 0 aliphatic carbocycles. The predicted molar refractivity (Wildman–Crippen MR) is 97.3 cm³/mol. The summed E-state index contributed by atoms with van der Waals surface area (Å²) in [5.74, 6) is 0. The van der Waals surface area contributed by atoms with Gasteiger partial charge in [-0.15, -0.1) is 0 Å². The number of benzene rings is 1. The molecule has 1 atom stereocenters. The van der Waals surface area contributed by atoms with Gasteiger partial charge in [-0.1, -0.05) is 30.3 Å². The van der Waals surface area contributed by atoms with Crippen molar-refractivity contribution in [1.82, 2.24) is 24.0 Å². The second-order valence-corrected chi connectivity index (χ2v) is 7.83. The smallest absolute Gasteiger partial charge is 0.280 e. The van der Waals surface area contributed by atoms with Gasteiger partial charge in [0.25, 0.3) is 10.2 Å². The number of pyridine rings is 1. The van der Waals surface area contributed by atoms with Gasteiger partial charge in [0, 0.05) is 37.6 Å². The molecule has 2 aromatic heterocycles. The van der Waals surface area contributed by atoms with E-state index < -0.39 is 16.3 Å². The number of fused-ring (bicyclic) bond motifs is 1. The van der Waals surface area contributed by atoms with Crippen LogP contribution in [-0.2, 0) is 23.2 Å². The third-order valence-electron chi connectivity index (χ3n) is 4.51. The topological polar surface area (TPSA) is 91.0 Å². The van der Waals surface area contributed by atoms with Crippen molar-refractivity contribution < 1.29 is 8.42 Å². The Hall–Kier alpha value is -2.55. The number of imidazole rings is 1. The van der Waals surface area contributed by atoms with Gasteiger partial charge < -0.3 is 4.98 Å². The standard InChI is InChI=1S/C18H19N5O2S/c24-26(25,22-12-14-4-2-1-3-5-14)23-11-8-16-17(21-13-20-16)18(23)15-6-9-19-10-7-15/h1-7,9-10,13,18,22H,8,11-12H2,(H,20,21). The van der Waals surface area contributed by atoms with Crippen LogP contribution in [0, 0.1) is 0 Å². The fraction of sp³-hybridized carbons (Fsp3) is 0.222. The summed E-state index contributed by atoms with van der Waals surface area (Å²) < 4.78 is 30.3. The molecule has 0 fully saturated rings. The highest BCUT2D eigenvalue weighted by atomic mass is 32.2. The first-order chi connectivity index (χ1) is 12.6. The minimum Gasteiger partial charge on any atom is -0.348 e. The molecule has 1 aromatic carbocycles. The van der Waals surface area contributed by atoms with Gasteiger partial charge in [-0.3, -0.25) is 4.98 Å². The molecule has 0 amide bonds. The van der Waals surface area contributed by atoms with Gasteiger partial charge in [0.15, 0.2) is 0 Å². The molecule has 26 heavy (non-hydrogen) atoms. The number of aromatic nitrogens is 3. The molecule has 4 rings (SSSR count). The minimum atomic E-state index is -3.69. The van der Waals surface area contributed by atoms with Crippen LogP contribution >= 0.6 is 0 Å². The maximum atomic E-state index is 13.0. The van der Waals surface area contributed by atoms with E-state index >= 15 is 0 Å². The molecule has 134 valence electrons. The molecule has 7 nitrogen and oxygen atoms in total. The fourth-order valence-corrected chi connectivity index (χ4v) is 4.58. The Morgan fingerprint density at radius 2 is 1.92 bits per heavy atom. The van der Waals surface area contributed by atoms with Crippen LogP contribution in [0.1, 0.15) is 28.6 Å². The van der Waals surface area contributed by atoms with Crippen LogP contribution in [0.2, 0.25) is 0 Å². The van der Waals surface area contributed by atoms with Crippen LogP contribution in [-0.4, -0.2) is 34.2 Å². The molecule has 0 spiro atoms. The normalized spacial score (nSPS) is 17.8. The maximum Gasteiger partial charge on any atom is 0.280 e. The highest BCUT2D eigenvalue weighted by Gasteiger charge is 2.38. The second kappa shape index (κ2) is 6.99. The van der Waals surface area contributed by atoms with Gasteiger partial charge in [-0.2, -0.15) is 17.4 Å². The monoisotopic (exact) mass is 369 g/mol. The molecule has 1 aliphatic heterocycles. The van der Waals surface area contributed by atoms with E-state index in [4.69, 9.17) is 0 Å². The average Bonchev–Trinajstić information content (AvgIpc) is 3.16. The highest BCUT2D eigenvalue weighted by molar-refractivity contribution is 7.87. The van der Waals surface area contributed by atoms with Crippen LogP contribution in [0.15, 0.2) is 61.2 Å². The molecule has 3 heterocycles. The Morgan fingerprint density at radius 3 is 2.69 bits per heavy atom. The molecule has 1 unspecified atom stereocenters. The summed E-state index contributed by atoms with van der Waals surface area (Å²) in [6.07, 6.45) is 5.55. The Labute approximate surface area is 152 Å². The second-order valence-electron chi connectivity index (χ2n) is 6.12. The van der Waals surface area contributed by atoms with Crippen LogP contribution in [0.25, 0.3) is 0 Å². The van der Waals surface area contributed by atoms with Crippen LogP contribution in [0.3, 0.4) is 0 Å². The summed E-state index contributed by atoms with van der Waals surface area (Å²) in [7, 11) is -3.69. The summed E-state index contributed by atoms with van der Waals surface area (Å²) >= 11 is 0. The van der Waals surface area contributed by atoms with Crippen LogP contribution in [0.4, 0.5) is 0 Å². The number of aromatic amines is 1. The Morgan fingerprint density at radius 1 is 1.15 bits per heavy atom. The summed E-state index contributed by atoms with van der Waals surface area (Å²) in [6, 6.07) is 12.7. The Bertz CT molecular complexity index is 973. The van der Waals surface area contributed by atoms with Gasteiger partial charge in [0.05, 0.1) is 18.1 Å². The summed E-state index contributed by atoms with van der Waals surface area (Å²) in [5.41, 5.74) is 3.47. The van der Waals surface area contributed by atoms with Crippen molar-refractivity contribution in [3.8, 4) is 0 Å². The van der Waals surface area contributed by atoms with Crippen LogP contribution in [0.5, 0.6) is 0 Å². The molecule has 8 heteroatoms. The van der Waals surface area contributed by atoms with E-state index in [-0.39, 0.29) is 6.54 Å². The van der Waals surface area contributed by atoms with Gasteiger partial charge in [0.2, 0.25) is 0 Å². The van der Waals surface area contributed by atoms with E-state index in [0.717, 1.165) is 22.5 Å². The van der Waals surface area contributed by atoms with Gasteiger partial charge in [-0.05, 0) is 23.3 Å². The zero-order valence-electron chi connectivity index (χ0n) is 14.0. The van der Waals surface area contributed by atoms with E-state index in [0.29, 0.717) is 13.0 Å². The molecule has 0 saturated heterocycles. The molecular formula is C18H19N5O2S. The van der Waals surface area contributed by atoms with E-state index in [1.165, 1.54) is 4.31 Å². The van der Waals surface area contributed by atoms with Crippen molar-refractivity contribution in [1.29, 1.82) is 0 Å². The van der Waals surface area contributed by atoms with Crippen LogP contribution < -0.4 is 4.72 Å². The number of H-pyrrole nitrogens is 1. The molecule has 0 radical (unpaired) electrons. The minimum absolute atomic E-state index is 0.246. The lowest BCUT2D eigenvalue weighted by Crippen LogP contribution is -2.46. The third-order valence-corrected chi connectivity index (χ3v) is 6.03. The predicted octanol–water partition coefficient (Wildman–Crippen LogP) is 1.79. The summed E-state index contributed by atoms with van der Waals surface area (Å²) in [4.78, 5) is 11.5. The van der Waals surface area contributed by atoms with Crippen molar-refractivity contribution in [2.24, 2.45) is 0 Å². The number of hydrogen-bond acceptors (Lipinski definition) is 4. The quantitative estimate of drug-likeness (QED) is 0.717. The lowest BCUT2D eigenvalue weighted by molar-refractivity contribution is 0.332. The number of rotatable bonds is 5. The zero-order valence-corrected chi connectivity index (χ0v) is 14.9. The first kappa shape index (κ1) is 16.9. The number of nitrogens with zero attached hydrogens (tertiary/aromatic N) is 3. The lowest BCUT2D eigenvalue weighted by atomic mass is 9.99. The van der Waals surface area contributed by atoms with Crippen molar-refractivity contribution in [3.05, 3.63) is 83.7 Å². The lowest BCUT2D eigenvalue weighted by Gasteiger charge is -2.34. The average molecular weight is 369 g/mol. The molecule has 1 aliphatic rings. The SMILES string of the molecule is O=S(=O)(NCc1ccccc1)N1CCc2[nH]cnc2C1c1ccncc1. The largest absolute Gasteiger partial charge is 0.348 e. The maximum absolute atomic E-state index is 13.0. The first-order valence-electron chi connectivity index (χ1n) is 8.37. The van der Waals surface area contributed by atoms with Crippen molar-refractivity contribution in [2.75, 3.05) is 6.54 Å². The van der Waals surface area contributed by atoms with Crippen molar-refractivity contribution in [3.63, 3.8) is 0 Å². The first-order valence-corrected chi connectivity index (χ1v) is 9.81. The van der Waals surface area contributed by atoms with Crippen molar-refractivity contribution in [2.45, 2.75) is 19.0 Å².